The summed E-state index contributed by atoms with van der Waals surface area (Å²) >= 11 is 0. The fraction of sp³-hybridized carbons (Fsp3) is 0.500. The van der Waals surface area contributed by atoms with Crippen LogP contribution in [0.15, 0.2) is 35.6 Å². The van der Waals surface area contributed by atoms with Gasteiger partial charge in [0.25, 0.3) is 0 Å². The van der Waals surface area contributed by atoms with Gasteiger partial charge in [-0.2, -0.15) is 0 Å². The minimum absolute atomic E-state index is 0.0340. The summed E-state index contributed by atoms with van der Waals surface area (Å²) < 4.78 is 0. The Morgan fingerprint density at radius 1 is 1.47 bits per heavy atom. The summed E-state index contributed by atoms with van der Waals surface area (Å²) in [6.45, 7) is 1.74. The maximum atomic E-state index is 8.65. The van der Waals surface area contributed by atoms with Gasteiger partial charge in [-0.05, 0) is 18.4 Å². The van der Waals surface area contributed by atoms with Crippen LogP contribution in [0.3, 0.4) is 0 Å². The van der Waals surface area contributed by atoms with Crippen molar-refractivity contribution in [2.24, 2.45) is 5.92 Å². The van der Waals surface area contributed by atoms with E-state index in [-0.39, 0.29) is 6.73 Å². The lowest BCUT2D eigenvalue weighted by molar-refractivity contribution is 0.265. The van der Waals surface area contributed by atoms with Crippen molar-refractivity contribution in [3.63, 3.8) is 0 Å². The minimum Gasteiger partial charge on any atom is -0.387 e. The molecule has 15 heavy (non-hydrogen) atoms. The highest BCUT2D eigenvalue weighted by atomic mass is 16.3. The SMILES string of the molecule is OCNCC1=CC(C2=CCCC=C2)CN1. The van der Waals surface area contributed by atoms with Crippen molar-refractivity contribution in [3.8, 4) is 0 Å². The van der Waals surface area contributed by atoms with Crippen LogP contribution in [0.5, 0.6) is 0 Å². The van der Waals surface area contributed by atoms with Crippen molar-refractivity contribution in [1.29, 1.82) is 0 Å². The highest BCUT2D eigenvalue weighted by Crippen LogP contribution is 2.23. The molecule has 2 aliphatic rings. The standard InChI is InChI=1S/C12H18N2O/c15-9-13-8-12-6-11(7-14-12)10-4-2-1-3-5-10/h2,4-6,11,13-15H,1,3,7-9H2. The first-order valence-corrected chi connectivity index (χ1v) is 5.53. The molecule has 0 saturated heterocycles. The lowest BCUT2D eigenvalue weighted by atomic mass is 9.95. The first-order chi connectivity index (χ1) is 7.40. The minimum atomic E-state index is 0.0340. The van der Waals surface area contributed by atoms with E-state index in [1.807, 2.05) is 0 Å². The third-order valence-electron chi connectivity index (χ3n) is 2.83. The molecule has 0 fully saturated rings. The quantitative estimate of drug-likeness (QED) is 0.599. The Hall–Kier alpha value is -1.06. The summed E-state index contributed by atoms with van der Waals surface area (Å²) in [4.78, 5) is 0. The molecule has 0 saturated carbocycles. The van der Waals surface area contributed by atoms with Crippen molar-refractivity contribution in [1.82, 2.24) is 10.6 Å². The Kier molecular flexibility index (Phi) is 3.59. The van der Waals surface area contributed by atoms with E-state index in [2.05, 4.69) is 34.9 Å². The molecule has 0 radical (unpaired) electrons. The third-order valence-corrected chi connectivity index (χ3v) is 2.83. The van der Waals surface area contributed by atoms with Gasteiger partial charge in [-0.1, -0.05) is 24.3 Å². The predicted octanol–water partition coefficient (Wildman–Crippen LogP) is 0.905. The van der Waals surface area contributed by atoms with Gasteiger partial charge < -0.3 is 10.4 Å². The van der Waals surface area contributed by atoms with Crippen molar-refractivity contribution in [2.75, 3.05) is 19.8 Å². The summed E-state index contributed by atoms with van der Waals surface area (Å²) in [7, 11) is 0. The molecule has 0 bridgehead atoms. The summed E-state index contributed by atoms with van der Waals surface area (Å²) in [5, 5.41) is 14.9. The van der Waals surface area contributed by atoms with E-state index < -0.39 is 0 Å². The van der Waals surface area contributed by atoms with Crippen LogP contribution in [-0.4, -0.2) is 24.9 Å². The first kappa shape index (κ1) is 10.5. The Morgan fingerprint density at radius 2 is 2.40 bits per heavy atom. The number of aliphatic hydroxyl groups is 1. The number of hydrogen-bond donors (Lipinski definition) is 3. The highest BCUT2D eigenvalue weighted by molar-refractivity contribution is 5.32. The van der Waals surface area contributed by atoms with Crippen molar-refractivity contribution < 1.29 is 5.11 Å². The van der Waals surface area contributed by atoms with E-state index in [0.29, 0.717) is 5.92 Å². The summed E-state index contributed by atoms with van der Waals surface area (Å²) in [6.07, 6.45) is 11.4. The van der Waals surface area contributed by atoms with Crippen molar-refractivity contribution in [2.45, 2.75) is 12.8 Å². The third kappa shape index (κ3) is 2.70. The first-order valence-electron chi connectivity index (χ1n) is 5.53. The van der Waals surface area contributed by atoms with E-state index in [4.69, 9.17) is 5.11 Å². The lowest BCUT2D eigenvalue weighted by Gasteiger charge is -2.11. The largest absolute Gasteiger partial charge is 0.387 e. The molecule has 3 nitrogen and oxygen atoms in total. The average molecular weight is 206 g/mol. The van der Waals surface area contributed by atoms with Crippen molar-refractivity contribution in [3.05, 3.63) is 35.6 Å². The van der Waals surface area contributed by atoms with Gasteiger partial charge >= 0.3 is 0 Å². The average Bonchev–Trinajstić information content (AvgIpc) is 2.76. The molecule has 2 rings (SSSR count). The van der Waals surface area contributed by atoms with E-state index in [1.54, 1.807) is 0 Å². The molecule has 1 atom stereocenters. The maximum Gasteiger partial charge on any atom is 0.0934 e. The molecule has 1 unspecified atom stereocenters. The molecule has 0 spiro atoms. The zero-order chi connectivity index (χ0) is 10.5. The predicted molar refractivity (Wildman–Crippen MR) is 61.1 cm³/mol. The van der Waals surface area contributed by atoms with E-state index in [1.165, 1.54) is 24.1 Å². The van der Waals surface area contributed by atoms with E-state index >= 15 is 0 Å². The molecule has 0 amide bonds. The molecule has 0 aromatic heterocycles. The molecule has 1 aliphatic carbocycles. The van der Waals surface area contributed by atoms with Crippen LogP contribution in [0.4, 0.5) is 0 Å². The molecule has 1 aliphatic heterocycles. The number of aliphatic hydroxyl groups excluding tert-OH is 1. The van der Waals surface area contributed by atoms with Gasteiger partial charge in [-0.15, -0.1) is 0 Å². The van der Waals surface area contributed by atoms with Crippen LogP contribution < -0.4 is 10.6 Å². The zero-order valence-corrected chi connectivity index (χ0v) is 8.87. The summed E-state index contributed by atoms with van der Waals surface area (Å²) in [5.74, 6) is 0.511. The summed E-state index contributed by atoms with van der Waals surface area (Å²) in [6, 6.07) is 0. The van der Waals surface area contributed by atoms with Gasteiger partial charge in [-0.3, -0.25) is 5.32 Å². The molecular formula is C12H18N2O. The van der Waals surface area contributed by atoms with Gasteiger partial charge in [-0.25, -0.2) is 0 Å². The van der Waals surface area contributed by atoms with Gasteiger partial charge in [0.15, 0.2) is 0 Å². The fourth-order valence-corrected chi connectivity index (χ4v) is 2.04. The Balaban J connectivity index is 1.92. The second-order valence-corrected chi connectivity index (χ2v) is 3.95. The fourth-order valence-electron chi connectivity index (χ4n) is 2.04. The molecule has 0 aromatic carbocycles. The maximum absolute atomic E-state index is 8.65. The number of rotatable bonds is 4. The molecule has 82 valence electrons. The molecule has 3 N–H and O–H groups in total. The second-order valence-electron chi connectivity index (χ2n) is 3.95. The van der Waals surface area contributed by atoms with Crippen molar-refractivity contribution >= 4 is 0 Å². The molecule has 3 heteroatoms. The number of hydrogen-bond acceptors (Lipinski definition) is 3. The second kappa shape index (κ2) is 5.14. The zero-order valence-electron chi connectivity index (χ0n) is 8.87. The van der Waals surface area contributed by atoms with Crippen LogP contribution in [0.25, 0.3) is 0 Å². The molecule has 1 heterocycles. The monoisotopic (exact) mass is 206 g/mol. The van der Waals surface area contributed by atoms with Crippen LogP contribution >= 0.6 is 0 Å². The lowest BCUT2D eigenvalue weighted by Crippen LogP contribution is -2.23. The van der Waals surface area contributed by atoms with E-state index in [0.717, 1.165) is 13.1 Å². The van der Waals surface area contributed by atoms with Gasteiger partial charge in [0, 0.05) is 24.7 Å². The van der Waals surface area contributed by atoms with Gasteiger partial charge in [0.05, 0.1) is 6.73 Å². The van der Waals surface area contributed by atoms with Gasteiger partial charge in [0.1, 0.15) is 0 Å². The molecular weight excluding hydrogens is 188 g/mol. The van der Waals surface area contributed by atoms with E-state index in [9.17, 15) is 0 Å². The Morgan fingerprint density at radius 3 is 3.13 bits per heavy atom. The normalized spacial score (nSPS) is 24.7. The van der Waals surface area contributed by atoms with Gasteiger partial charge in [0.2, 0.25) is 0 Å². The number of allylic oxidation sites excluding steroid dienone is 3. The summed E-state index contributed by atoms with van der Waals surface area (Å²) in [5.41, 5.74) is 2.61. The van der Waals surface area contributed by atoms with Crippen LogP contribution in [0.2, 0.25) is 0 Å². The topological polar surface area (TPSA) is 44.3 Å². The number of nitrogens with one attached hydrogen (secondary N) is 2. The van der Waals surface area contributed by atoms with Crippen LogP contribution in [-0.2, 0) is 0 Å². The van der Waals surface area contributed by atoms with Crippen LogP contribution in [0, 0.1) is 5.92 Å². The highest BCUT2D eigenvalue weighted by Gasteiger charge is 2.17. The smallest absolute Gasteiger partial charge is 0.0934 e. The molecule has 0 aromatic rings. The van der Waals surface area contributed by atoms with Crippen LogP contribution in [0.1, 0.15) is 12.8 Å². The Labute approximate surface area is 90.6 Å². The Bertz CT molecular complexity index is 305.